The van der Waals surface area contributed by atoms with Crippen LogP contribution in [0.25, 0.3) is 10.9 Å². The molecule has 4 nitrogen and oxygen atoms in total. The molecule has 4 rings (SSSR count). The third kappa shape index (κ3) is 3.97. The Morgan fingerprint density at radius 3 is 2.56 bits per heavy atom. The van der Waals surface area contributed by atoms with Crippen molar-refractivity contribution in [1.29, 1.82) is 0 Å². The first-order valence-corrected chi connectivity index (χ1v) is 9.77. The fraction of sp³-hybridized carbons (Fsp3) is 0.273. The molecule has 1 aromatic heterocycles. The molecule has 0 amide bonds. The van der Waals surface area contributed by atoms with E-state index < -0.39 is 0 Å². The number of nitrogens with zero attached hydrogens (tertiary/aromatic N) is 1. The van der Waals surface area contributed by atoms with E-state index in [1.54, 1.807) is 12.1 Å². The number of halogens is 1. The lowest BCUT2D eigenvalue weighted by molar-refractivity contribution is -0.892. The van der Waals surface area contributed by atoms with Crippen LogP contribution in [0.2, 0.25) is 5.02 Å². The third-order valence-corrected chi connectivity index (χ3v) is 5.53. The van der Waals surface area contributed by atoms with Gasteiger partial charge in [-0.25, -0.2) is 4.98 Å². The number of hydrogen-bond donors (Lipinski definition) is 1. The number of quaternary nitrogens is 1. The Kier molecular flexibility index (Phi) is 5.10. The summed E-state index contributed by atoms with van der Waals surface area (Å²) in [4.78, 5) is 19.7. The maximum Gasteiger partial charge on any atom is 0.216 e. The Bertz CT molecular complexity index is 963. The number of pyridine rings is 1. The molecule has 1 aliphatic rings. The Labute approximate surface area is 164 Å². The summed E-state index contributed by atoms with van der Waals surface area (Å²) in [6.45, 7) is 6.48. The number of ketones is 1. The van der Waals surface area contributed by atoms with Crippen molar-refractivity contribution < 1.29 is 14.7 Å². The summed E-state index contributed by atoms with van der Waals surface area (Å²) in [6, 6.07) is 17.9. The number of H-pyrrole nitrogens is 1. The second-order valence-electron chi connectivity index (χ2n) is 7.23. The number of rotatable bonds is 4. The van der Waals surface area contributed by atoms with Gasteiger partial charge in [0.05, 0.1) is 37.3 Å². The van der Waals surface area contributed by atoms with Gasteiger partial charge in [-0.1, -0.05) is 23.7 Å². The fourth-order valence-corrected chi connectivity index (χ4v) is 3.94. The van der Waals surface area contributed by atoms with Gasteiger partial charge in [-0.05, 0) is 30.3 Å². The zero-order chi connectivity index (χ0) is 18.8. The minimum Gasteiger partial charge on any atom is -0.359 e. The van der Waals surface area contributed by atoms with Crippen LogP contribution in [0.3, 0.4) is 0 Å². The minimum absolute atomic E-state index is 0.186. The summed E-state index contributed by atoms with van der Waals surface area (Å²) in [5.41, 5.74) is 4.36. The lowest BCUT2D eigenvalue weighted by Gasteiger charge is -2.33. The van der Waals surface area contributed by atoms with Gasteiger partial charge in [-0.15, -0.1) is 0 Å². The smallest absolute Gasteiger partial charge is 0.216 e. The molecule has 0 radical (unpaired) electrons. The van der Waals surface area contributed by atoms with Crippen LogP contribution >= 0.6 is 11.6 Å². The van der Waals surface area contributed by atoms with Crippen molar-refractivity contribution in [2.75, 3.05) is 37.6 Å². The lowest BCUT2D eigenvalue weighted by atomic mass is 10.1. The monoisotopic (exact) mass is 381 g/mol. The summed E-state index contributed by atoms with van der Waals surface area (Å²) in [5.74, 6) is 0.186. The molecular weight excluding hydrogens is 358 g/mol. The van der Waals surface area contributed by atoms with Gasteiger partial charge in [-0.2, -0.15) is 0 Å². The van der Waals surface area contributed by atoms with Gasteiger partial charge < -0.3 is 9.80 Å². The van der Waals surface area contributed by atoms with Gasteiger partial charge >= 0.3 is 0 Å². The van der Waals surface area contributed by atoms with E-state index in [2.05, 4.69) is 47.1 Å². The highest BCUT2D eigenvalue weighted by Gasteiger charge is 2.25. The van der Waals surface area contributed by atoms with Gasteiger partial charge in [0.15, 0.2) is 5.69 Å². The maximum absolute atomic E-state index is 12.5. The fourth-order valence-electron chi connectivity index (χ4n) is 3.81. The summed E-state index contributed by atoms with van der Waals surface area (Å²) in [7, 11) is 0. The van der Waals surface area contributed by atoms with Crippen LogP contribution < -0.4 is 14.8 Å². The molecule has 0 bridgehead atoms. The second kappa shape index (κ2) is 7.67. The van der Waals surface area contributed by atoms with Crippen molar-refractivity contribution in [2.24, 2.45) is 0 Å². The number of benzene rings is 2. The highest BCUT2D eigenvalue weighted by Crippen LogP contribution is 2.24. The molecule has 0 saturated carbocycles. The Hall–Kier alpha value is -2.43. The molecular formula is C22H24ClN3O+2. The van der Waals surface area contributed by atoms with Crippen molar-refractivity contribution in [3.05, 3.63) is 70.9 Å². The molecule has 3 aromatic rings. The molecule has 0 spiro atoms. The Morgan fingerprint density at radius 2 is 1.81 bits per heavy atom. The number of aromatic nitrogens is 1. The molecule has 0 aliphatic carbocycles. The standard InChI is InChI=1S/C22H22ClN3O/c1-16-14-21(19-4-2-3-5-20(19)24-16)26-12-10-25(11-13-26)15-22(27)17-6-8-18(23)9-7-17/h2-9,14H,10-13,15H2,1H3/p+2. The van der Waals surface area contributed by atoms with Crippen LogP contribution in [0, 0.1) is 6.92 Å². The number of hydrogen-bond acceptors (Lipinski definition) is 2. The largest absolute Gasteiger partial charge is 0.359 e. The van der Waals surface area contributed by atoms with Crippen LogP contribution in [0.15, 0.2) is 54.6 Å². The van der Waals surface area contributed by atoms with E-state index in [0.717, 1.165) is 37.4 Å². The number of para-hydroxylation sites is 1. The normalized spacial score (nSPS) is 15.3. The lowest BCUT2D eigenvalue weighted by Crippen LogP contribution is -3.15. The van der Waals surface area contributed by atoms with Crippen molar-refractivity contribution in [3.8, 4) is 0 Å². The summed E-state index contributed by atoms with van der Waals surface area (Å²) >= 11 is 5.91. The minimum atomic E-state index is 0.186. The molecule has 5 heteroatoms. The zero-order valence-electron chi connectivity index (χ0n) is 15.5. The number of Topliss-reactive ketones (excluding diaryl/α,β-unsaturated/α-hetero) is 1. The first-order chi connectivity index (χ1) is 13.1. The number of carbonyl (C=O) groups is 1. The Balaban J connectivity index is 1.43. The molecule has 0 atom stereocenters. The predicted molar refractivity (Wildman–Crippen MR) is 109 cm³/mol. The van der Waals surface area contributed by atoms with Crippen molar-refractivity contribution in [2.45, 2.75) is 6.92 Å². The van der Waals surface area contributed by atoms with E-state index in [9.17, 15) is 4.79 Å². The molecule has 27 heavy (non-hydrogen) atoms. The summed E-state index contributed by atoms with van der Waals surface area (Å²) < 4.78 is 0. The molecule has 1 fully saturated rings. The average Bonchev–Trinajstić information content (AvgIpc) is 2.68. The Morgan fingerprint density at radius 1 is 1.11 bits per heavy atom. The quantitative estimate of drug-likeness (QED) is 0.704. The number of anilines is 1. The third-order valence-electron chi connectivity index (χ3n) is 5.28. The van der Waals surface area contributed by atoms with Crippen molar-refractivity contribution in [1.82, 2.24) is 0 Å². The molecule has 2 N–H and O–H groups in total. The van der Waals surface area contributed by atoms with Crippen molar-refractivity contribution in [3.63, 3.8) is 0 Å². The second-order valence-corrected chi connectivity index (χ2v) is 7.66. The van der Waals surface area contributed by atoms with E-state index in [1.807, 2.05) is 12.1 Å². The number of aryl methyl sites for hydroxylation is 1. The first-order valence-electron chi connectivity index (χ1n) is 9.39. The van der Waals surface area contributed by atoms with E-state index in [-0.39, 0.29) is 5.78 Å². The number of nitrogens with one attached hydrogen (secondary N) is 2. The number of aromatic amines is 1. The molecule has 1 saturated heterocycles. The SMILES string of the molecule is Cc1cc(N2CC[NH+](CC(=O)c3ccc(Cl)cc3)CC2)c2ccccc2[nH+]1. The van der Waals surface area contributed by atoms with E-state index in [1.165, 1.54) is 21.5 Å². The van der Waals surface area contributed by atoms with E-state index >= 15 is 0 Å². The maximum atomic E-state index is 12.5. The highest BCUT2D eigenvalue weighted by atomic mass is 35.5. The van der Waals surface area contributed by atoms with Gasteiger partial charge in [0.25, 0.3) is 0 Å². The van der Waals surface area contributed by atoms with Crippen LogP contribution in [0.1, 0.15) is 16.1 Å². The summed E-state index contributed by atoms with van der Waals surface area (Å²) in [5, 5.41) is 1.92. The van der Waals surface area contributed by atoms with E-state index in [4.69, 9.17) is 11.6 Å². The molecule has 138 valence electrons. The number of fused-ring (bicyclic) bond motifs is 1. The molecule has 2 heterocycles. The topological polar surface area (TPSA) is 38.9 Å². The van der Waals surface area contributed by atoms with Crippen LogP contribution in [-0.2, 0) is 0 Å². The molecule has 2 aromatic carbocycles. The van der Waals surface area contributed by atoms with Gasteiger partial charge in [0.1, 0.15) is 6.54 Å². The highest BCUT2D eigenvalue weighted by molar-refractivity contribution is 6.30. The van der Waals surface area contributed by atoms with Crippen molar-refractivity contribution >= 4 is 34.0 Å². The van der Waals surface area contributed by atoms with Gasteiger partial charge in [-0.3, -0.25) is 4.79 Å². The zero-order valence-corrected chi connectivity index (χ0v) is 16.2. The number of carbonyl (C=O) groups excluding carboxylic acids is 1. The van der Waals surface area contributed by atoms with Crippen LogP contribution in [0.4, 0.5) is 5.69 Å². The van der Waals surface area contributed by atoms with Crippen LogP contribution in [-0.4, -0.2) is 38.5 Å². The van der Waals surface area contributed by atoms with Gasteiger partial charge in [0.2, 0.25) is 11.3 Å². The molecule has 0 unspecified atom stereocenters. The predicted octanol–water partition coefficient (Wildman–Crippen LogP) is 2.20. The van der Waals surface area contributed by atoms with Crippen LogP contribution in [0.5, 0.6) is 0 Å². The first kappa shape index (κ1) is 18.0. The summed E-state index contributed by atoms with van der Waals surface area (Å²) in [6.07, 6.45) is 0. The average molecular weight is 382 g/mol. The van der Waals surface area contributed by atoms with E-state index in [0.29, 0.717) is 11.6 Å². The van der Waals surface area contributed by atoms with Gasteiger partial charge in [0, 0.05) is 29.6 Å². The number of piperazine rings is 1. The molecule has 1 aliphatic heterocycles.